The number of Topliss-reactive ketones (excluding diaryl/α,β-unsaturated/α-hetero) is 1. The lowest BCUT2D eigenvalue weighted by Gasteiger charge is -2.67. The van der Waals surface area contributed by atoms with E-state index in [2.05, 4.69) is 14.4 Å². The summed E-state index contributed by atoms with van der Waals surface area (Å²) in [6.45, 7) is 8.59. The van der Waals surface area contributed by atoms with Crippen molar-refractivity contribution in [3.63, 3.8) is 0 Å². The van der Waals surface area contributed by atoms with Crippen LogP contribution in [0.2, 0.25) is 0 Å². The highest BCUT2D eigenvalue weighted by Gasteiger charge is 2.78. The smallest absolute Gasteiger partial charge is 0.348 e. The molecular formula is C46H59NO18S. The Bertz CT molecular complexity index is 2090. The molecule has 1 saturated heterocycles. The summed E-state index contributed by atoms with van der Waals surface area (Å²) >= 11 is 0.962. The molecule has 66 heavy (non-hydrogen) atoms. The van der Waals surface area contributed by atoms with Gasteiger partial charge in [0.2, 0.25) is 6.10 Å². The van der Waals surface area contributed by atoms with Gasteiger partial charge in [-0.25, -0.2) is 14.4 Å². The maximum atomic E-state index is 15.1. The molecule has 0 aromatic heterocycles. The number of rotatable bonds is 20. The molecule has 1 aliphatic heterocycles. The summed E-state index contributed by atoms with van der Waals surface area (Å²) in [7, 11) is 0. The molecule has 362 valence electrons. The average molecular weight is 946 g/mol. The topological polar surface area (TPSA) is 264 Å². The van der Waals surface area contributed by atoms with Crippen molar-refractivity contribution in [3.8, 4) is 0 Å². The van der Waals surface area contributed by atoms with E-state index >= 15 is 4.79 Å². The lowest BCUT2D eigenvalue weighted by atomic mass is 9.44. The third-order valence-electron chi connectivity index (χ3n) is 13.7. The number of ether oxygens (including phenoxy) is 7. The second kappa shape index (κ2) is 21.3. The zero-order valence-electron chi connectivity index (χ0n) is 37.7. The van der Waals surface area contributed by atoms with Crippen molar-refractivity contribution < 1.29 is 86.8 Å². The highest BCUT2D eigenvalue weighted by atomic mass is 32.2. The van der Waals surface area contributed by atoms with E-state index in [9.17, 15) is 34.5 Å². The Labute approximate surface area is 386 Å². The van der Waals surface area contributed by atoms with Crippen LogP contribution in [0.25, 0.3) is 0 Å². The zero-order chi connectivity index (χ0) is 48.0. The number of ketones is 1. The summed E-state index contributed by atoms with van der Waals surface area (Å²) in [6.07, 6.45) is -9.41. The molecule has 19 nitrogen and oxygen atoms in total. The van der Waals surface area contributed by atoms with Crippen molar-refractivity contribution >= 4 is 41.7 Å². The van der Waals surface area contributed by atoms with Gasteiger partial charge in [-0.1, -0.05) is 69.3 Å². The van der Waals surface area contributed by atoms with Gasteiger partial charge >= 0.3 is 23.9 Å². The summed E-state index contributed by atoms with van der Waals surface area (Å²) in [5, 5.41) is 41.9. The van der Waals surface area contributed by atoms with E-state index in [1.165, 1.54) is 19.1 Å². The van der Waals surface area contributed by atoms with Crippen LogP contribution in [0.3, 0.4) is 0 Å². The van der Waals surface area contributed by atoms with Crippen LogP contribution in [0.1, 0.15) is 82.6 Å². The number of aliphatic hydroxyl groups excluding tert-OH is 2. The van der Waals surface area contributed by atoms with Crippen LogP contribution in [-0.4, -0.2) is 132 Å². The van der Waals surface area contributed by atoms with Gasteiger partial charge in [0.25, 0.3) is 0 Å². The number of esters is 4. The van der Waals surface area contributed by atoms with Crippen LogP contribution in [0, 0.1) is 16.7 Å². The SMILES string of the molecule is CC(=O)O[C@@]12CO[C@@H]1C[C@H](O)[C@@]1(C)C(=O)[C@H](O)C3=C(C)[C@@H](OC(=O)[C@H](OC(=O)COCCOCCCSOOON)[C@@H](C)c4ccccc4)C[C@](O)(C(OC(=O)c4ccccc4)[C@H]21)C3(C)C. The Hall–Kier alpha value is -4.32. The standard InChI is InChI=1S/C46H59NO18S/c1-26(29-14-9-7-10-15-29)37(60-34(50)24-57-20-19-56-18-13-21-66-65-64-63-47)42(54)59-31-23-46(55)40(61-41(53)30-16-11-8-12-17-30)38-44(6,39(52)36(51)35(27(31)2)43(46,4)5)32(49)22-33-45(38,25-58-33)62-28(3)48/h7-12,14-17,26,31-33,36-38,40,49,51,55H,13,18-25,47H2,1-6H3/t26-,31-,32-,33+,36+,37+,38-,40?,44+,45-,46-/m0/s1. The molecule has 6 rings (SSSR count). The number of benzene rings is 2. The summed E-state index contributed by atoms with van der Waals surface area (Å²) in [5.41, 5.74) is -6.86. The maximum Gasteiger partial charge on any atom is 0.348 e. The van der Waals surface area contributed by atoms with Crippen LogP contribution in [0.15, 0.2) is 71.8 Å². The molecule has 0 radical (unpaired) electrons. The van der Waals surface area contributed by atoms with Gasteiger partial charge in [-0.05, 0) is 54.1 Å². The van der Waals surface area contributed by atoms with Crippen LogP contribution in [-0.2, 0) is 66.7 Å². The molecule has 2 aromatic rings. The predicted octanol–water partition coefficient (Wildman–Crippen LogP) is 3.17. The summed E-state index contributed by atoms with van der Waals surface area (Å²) in [6, 6.07) is 16.7. The van der Waals surface area contributed by atoms with Crippen LogP contribution >= 0.6 is 12.0 Å². The molecule has 20 heteroatoms. The number of carbonyl (C=O) groups excluding carboxylic acids is 5. The van der Waals surface area contributed by atoms with Crippen molar-refractivity contribution in [1.29, 1.82) is 0 Å². The van der Waals surface area contributed by atoms with Gasteiger partial charge < -0.3 is 48.5 Å². The first-order valence-electron chi connectivity index (χ1n) is 21.7. The Kier molecular flexibility index (Phi) is 16.5. The van der Waals surface area contributed by atoms with Gasteiger partial charge in [0, 0.05) is 55.5 Å². The Morgan fingerprint density at radius 2 is 1.62 bits per heavy atom. The molecule has 5 N–H and O–H groups in total. The number of fused-ring (bicyclic) bond motifs is 5. The highest BCUT2D eigenvalue weighted by Crippen LogP contribution is 2.64. The molecule has 4 aliphatic rings. The number of nitrogens with two attached hydrogens (primary N) is 1. The number of aliphatic hydroxyl groups is 3. The van der Waals surface area contributed by atoms with Crippen molar-refractivity contribution in [1.82, 2.24) is 0 Å². The van der Waals surface area contributed by atoms with E-state index in [0.717, 1.165) is 19.0 Å². The van der Waals surface area contributed by atoms with Gasteiger partial charge in [0.1, 0.15) is 36.6 Å². The van der Waals surface area contributed by atoms with Gasteiger partial charge in [0.05, 0.1) is 42.8 Å². The minimum atomic E-state index is -2.34. The second-order valence-electron chi connectivity index (χ2n) is 17.8. The van der Waals surface area contributed by atoms with E-state index in [4.69, 9.17) is 39.1 Å². The van der Waals surface area contributed by atoms with Gasteiger partial charge in [0.15, 0.2) is 11.4 Å². The lowest BCUT2D eigenvalue weighted by Crippen LogP contribution is -2.81. The van der Waals surface area contributed by atoms with Crippen LogP contribution < -0.4 is 5.90 Å². The van der Waals surface area contributed by atoms with E-state index in [-0.39, 0.29) is 43.0 Å². The number of hydrogen-bond donors (Lipinski definition) is 4. The molecule has 2 aromatic carbocycles. The number of carbonyl (C=O) groups is 5. The minimum absolute atomic E-state index is 0.0230. The monoisotopic (exact) mass is 945 g/mol. The summed E-state index contributed by atoms with van der Waals surface area (Å²) in [4.78, 5) is 74.0. The molecule has 3 fully saturated rings. The number of hydrogen-bond acceptors (Lipinski definition) is 20. The lowest BCUT2D eigenvalue weighted by molar-refractivity contribution is -0.464. The van der Waals surface area contributed by atoms with Crippen molar-refractivity contribution in [3.05, 3.63) is 82.9 Å². The molecule has 2 bridgehead atoms. The quantitative estimate of drug-likeness (QED) is 0.0282. The van der Waals surface area contributed by atoms with Crippen molar-refractivity contribution in [2.24, 2.45) is 22.6 Å². The Morgan fingerprint density at radius 3 is 2.26 bits per heavy atom. The van der Waals surface area contributed by atoms with Gasteiger partial charge in [-0.15, -0.1) is 9.32 Å². The Balaban J connectivity index is 1.33. The first-order chi connectivity index (χ1) is 31.3. The van der Waals surface area contributed by atoms with E-state index in [1.54, 1.807) is 76.2 Å². The van der Waals surface area contributed by atoms with E-state index in [1.807, 2.05) is 0 Å². The van der Waals surface area contributed by atoms with Crippen LogP contribution in [0.5, 0.6) is 0 Å². The first kappa shape index (κ1) is 51.1. The minimum Gasteiger partial charge on any atom is -0.455 e. The molecule has 2 saturated carbocycles. The van der Waals surface area contributed by atoms with Gasteiger partial charge in [-0.2, -0.15) is 5.90 Å². The normalized spacial score (nSPS) is 30.8. The molecule has 1 unspecified atom stereocenters. The zero-order valence-corrected chi connectivity index (χ0v) is 38.5. The third-order valence-corrected chi connectivity index (χ3v) is 14.3. The second-order valence-corrected chi connectivity index (χ2v) is 18.6. The summed E-state index contributed by atoms with van der Waals surface area (Å²) in [5.74, 6) is -1.60. The van der Waals surface area contributed by atoms with Crippen LogP contribution in [0.4, 0.5) is 0 Å². The molecule has 1 heterocycles. The fourth-order valence-corrected chi connectivity index (χ4v) is 10.5. The third kappa shape index (κ3) is 9.95. The molecule has 3 aliphatic carbocycles. The Morgan fingerprint density at radius 1 is 0.955 bits per heavy atom. The summed E-state index contributed by atoms with van der Waals surface area (Å²) < 4.78 is 45.8. The highest BCUT2D eigenvalue weighted by molar-refractivity contribution is 7.94. The molecule has 0 amide bonds. The largest absolute Gasteiger partial charge is 0.455 e. The fourth-order valence-electron chi connectivity index (χ4n) is 10.1. The maximum absolute atomic E-state index is 15.1. The molecule has 11 atom stereocenters. The van der Waals surface area contributed by atoms with Crippen molar-refractivity contribution in [2.75, 3.05) is 38.8 Å². The first-order valence-corrected chi connectivity index (χ1v) is 22.6. The average Bonchev–Trinajstić information content (AvgIpc) is 3.28. The van der Waals surface area contributed by atoms with Gasteiger partial charge in [-0.3, -0.25) is 9.59 Å². The van der Waals surface area contributed by atoms with Crippen molar-refractivity contribution in [2.45, 2.75) is 115 Å². The fraction of sp³-hybridized carbons (Fsp3) is 0.587. The van der Waals surface area contributed by atoms with E-state index < -0.39 is 113 Å². The molecular weight excluding hydrogens is 887 g/mol. The predicted molar refractivity (Wildman–Crippen MR) is 230 cm³/mol. The van der Waals surface area contributed by atoms with E-state index in [0.29, 0.717) is 24.3 Å². The molecule has 0 spiro atoms.